The molecule has 0 N–H and O–H groups in total. The lowest BCUT2D eigenvalue weighted by atomic mass is 9.85. The maximum atomic E-state index is 2.41. The second-order valence-corrected chi connectivity index (χ2v) is 14.5. The lowest BCUT2D eigenvalue weighted by Gasteiger charge is -2.28. The van der Waals surface area contributed by atoms with Gasteiger partial charge in [-0.3, -0.25) is 0 Å². The van der Waals surface area contributed by atoms with Crippen LogP contribution < -0.4 is 4.90 Å². The maximum absolute atomic E-state index is 2.41. The fourth-order valence-corrected chi connectivity index (χ4v) is 8.40. The molecule has 0 unspecified atom stereocenters. The van der Waals surface area contributed by atoms with Crippen molar-refractivity contribution in [2.24, 2.45) is 0 Å². The van der Waals surface area contributed by atoms with Crippen molar-refractivity contribution in [1.29, 1.82) is 0 Å². The summed E-state index contributed by atoms with van der Waals surface area (Å²) in [5, 5.41) is 4.92. The second kappa shape index (κ2) is 15.0. The van der Waals surface area contributed by atoms with Crippen molar-refractivity contribution >= 4 is 38.6 Å². The highest BCUT2D eigenvalue weighted by atomic mass is 15.1. The molecule has 0 radical (unpaired) electrons. The minimum atomic E-state index is 1.09. The molecular weight excluding hydrogens is 687 g/mol. The number of nitrogens with zero attached hydrogens (tertiary/aromatic N) is 1. The quantitative estimate of drug-likeness (QED) is 0.141. The first kappa shape index (κ1) is 34.0. The van der Waals surface area contributed by atoms with Crippen LogP contribution in [-0.4, -0.2) is 0 Å². The van der Waals surface area contributed by atoms with E-state index < -0.39 is 0 Å². The van der Waals surface area contributed by atoms with E-state index in [1.165, 1.54) is 77.2 Å². The normalized spacial score (nSPS) is 11.2. The Hall–Kier alpha value is -7.48. The molecule has 0 aromatic heterocycles. The molecule has 0 heterocycles. The summed E-state index contributed by atoms with van der Waals surface area (Å²) in [7, 11) is 0. The van der Waals surface area contributed by atoms with Crippen molar-refractivity contribution in [3.05, 3.63) is 237 Å². The lowest BCUT2D eigenvalue weighted by molar-refractivity contribution is 1.29. The van der Waals surface area contributed by atoms with Crippen molar-refractivity contribution in [1.82, 2.24) is 0 Å². The van der Waals surface area contributed by atoms with Crippen LogP contribution in [0.2, 0.25) is 0 Å². The van der Waals surface area contributed by atoms with Crippen LogP contribution in [0.1, 0.15) is 0 Å². The average molecular weight is 726 g/mol. The molecule has 1 nitrogen and oxygen atoms in total. The van der Waals surface area contributed by atoms with Gasteiger partial charge in [0.15, 0.2) is 0 Å². The van der Waals surface area contributed by atoms with Gasteiger partial charge in [0, 0.05) is 17.1 Å². The van der Waals surface area contributed by atoms with Gasteiger partial charge >= 0.3 is 0 Å². The molecule has 0 aliphatic heterocycles. The highest BCUT2D eigenvalue weighted by Crippen LogP contribution is 2.47. The molecule has 0 aliphatic rings. The number of benzene rings is 10. The molecular formula is C56H39N. The first-order valence-electron chi connectivity index (χ1n) is 19.6. The van der Waals surface area contributed by atoms with Gasteiger partial charge in [0.1, 0.15) is 0 Å². The molecule has 57 heavy (non-hydrogen) atoms. The van der Waals surface area contributed by atoms with E-state index >= 15 is 0 Å². The number of hydrogen-bond donors (Lipinski definition) is 0. The standard InChI is InChI=1S/C56H39N/c1-6-18-40(19-7-1)41-30-32-46(33-31-41)57(47-34-36-49(42-20-8-2-9-21-42)53(38-47)43-22-10-3-11-23-43)48-35-37-52-54(39-48)50-28-16-17-29-51(50)55(44-24-12-4-13-25-44)56(52)45-26-14-5-15-27-45/h1-39H. The molecule has 0 saturated carbocycles. The Morgan fingerprint density at radius 1 is 0.211 bits per heavy atom. The first-order chi connectivity index (χ1) is 28.3. The molecule has 10 rings (SSSR count). The number of fused-ring (bicyclic) bond motifs is 3. The van der Waals surface area contributed by atoms with Crippen LogP contribution in [0.3, 0.4) is 0 Å². The van der Waals surface area contributed by atoms with Crippen molar-refractivity contribution in [2.75, 3.05) is 4.90 Å². The smallest absolute Gasteiger partial charge is 0.0468 e. The Bertz CT molecular complexity index is 2960. The SMILES string of the molecule is c1ccc(-c2ccc(N(c3ccc(-c4ccccc4)c(-c4ccccc4)c3)c3ccc4c(-c5ccccc5)c(-c5ccccc5)c5ccccc5c4c3)cc2)cc1. The summed E-state index contributed by atoms with van der Waals surface area (Å²) in [6.07, 6.45) is 0. The van der Waals surface area contributed by atoms with Gasteiger partial charge in [0.25, 0.3) is 0 Å². The molecule has 0 atom stereocenters. The average Bonchev–Trinajstić information content (AvgIpc) is 3.30. The van der Waals surface area contributed by atoms with Crippen LogP contribution in [0.15, 0.2) is 237 Å². The molecule has 10 aromatic rings. The number of anilines is 3. The topological polar surface area (TPSA) is 3.24 Å². The van der Waals surface area contributed by atoms with Gasteiger partial charge in [0.05, 0.1) is 0 Å². The number of hydrogen-bond acceptors (Lipinski definition) is 1. The van der Waals surface area contributed by atoms with Crippen molar-refractivity contribution in [2.45, 2.75) is 0 Å². The summed E-state index contributed by atoms with van der Waals surface area (Å²) in [5.41, 5.74) is 15.4. The molecule has 0 amide bonds. The van der Waals surface area contributed by atoms with Crippen LogP contribution >= 0.6 is 0 Å². The molecule has 268 valence electrons. The van der Waals surface area contributed by atoms with Gasteiger partial charge in [-0.15, -0.1) is 0 Å². The summed E-state index contributed by atoms with van der Waals surface area (Å²) in [6.45, 7) is 0. The number of rotatable bonds is 8. The summed E-state index contributed by atoms with van der Waals surface area (Å²) in [6, 6.07) is 85.6. The van der Waals surface area contributed by atoms with E-state index in [0.717, 1.165) is 17.1 Å². The second-order valence-electron chi connectivity index (χ2n) is 14.5. The van der Waals surface area contributed by atoms with E-state index in [9.17, 15) is 0 Å². The van der Waals surface area contributed by atoms with Crippen LogP contribution in [0, 0.1) is 0 Å². The van der Waals surface area contributed by atoms with Gasteiger partial charge in [-0.25, -0.2) is 0 Å². The van der Waals surface area contributed by atoms with Crippen LogP contribution in [0.5, 0.6) is 0 Å². The molecule has 0 bridgehead atoms. The minimum Gasteiger partial charge on any atom is -0.310 e. The van der Waals surface area contributed by atoms with Gasteiger partial charge in [-0.1, -0.05) is 200 Å². The zero-order valence-corrected chi connectivity index (χ0v) is 31.5. The lowest BCUT2D eigenvalue weighted by Crippen LogP contribution is -2.10. The van der Waals surface area contributed by atoms with Gasteiger partial charge < -0.3 is 4.90 Å². The zero-order chi connectivity index (χ0) is 38.0. The Balaban J connectivity index is 1.23. The summed E-state index contributed by atoms with van der Waals surface area (Å²) in [5.74, 6) is 0. The predicted molar refractivity (Wildman–Crippen MR) is 243 cm³/mol. The van der Waals surface area contributed by atoms with E-state index in [4.69, 9.17) is 0 Å². The fourth-order valence-electron chi connectivity index (χ4n) is 8.40. The summed E-state index contributed by atoms with van der Waals surface area (Å²) >= 11 is 0. The van der Waals surface area contributed by atoms with E-state index in [1.807, 2.05) is 0 Å². The maximum Gasteiger partial charge on any atom is 0.0468 e. The van der Waals surface area contributed by atoms with Crippen LogP contribution in [0.25, 0.3) is 77.2 Å². The van der Waals surface area contributed by atoms with E-state index in [1.54, 1.807) is 0 Å². The summed E-state index contributed by atoms with van der Waals surface area (Å²) < 4.78 is 0. The highest BCUT2D eigenvalue weighted by molar-refractivity contribution is 6.22. The Morgan fingerprint density at radius 2 is 0.596 bits per heavy atom. The van der Waals surface area contributed by atoms with Crippen molar-refractivity contribution in [3.63, 3.8) is 0 Å². The Labute approximate surface area is 334 Å². The Kier molecular flexibility index (Phi) is 8.95. The molecule has 0 fully saturated rings. The third kappa shape index (κ3) is 6.46. The monoisotopic (exact) mass is 725 g/mol. The zero-order valence-electron chi connectivity index (χ0n) is 31.5. The van der Waals surface area contributed by atoms with Crippen molar-refractivity contribution < 1.29 is 0 Å². The van der Waals surface area contributed by atoms with E-state index in [0.29, 0.717) is 0 Å². The van der Waals surface area contributed by atoms with Gasteiger partial charge in [-0.05, 0) is 114 Å². The summed E-state index contributed by atoms with van der Waals surface area (Å²) in [4.78, 5) is 2.41. The van der Waals surface area contributed by atoms with Crippen LogP contribution in [0.4, 0.5) is 17.1 Å². The van der Waals surface area contributed by atoms with E-state index in [2.05, 4.69) is 241 Å². The Morgan fingerprint density at radius 3 is 1.16 bits per heavy atom. The fraction of sp³-hybridized carbons (Fsp3) is 0. The third-order valence-electron chi connectivity index (χ3n) is 11.1. The van der Waals surface area contributed by atoms with Crippen molar-refractivity contribution in [3.8, 4) is 55.6 Å². The molecule has 0 saturated heterocycles. The third-order valence-corrected chi connectivity index (χ3v) is 11.1. The minimum absolute atomic E-state index is 1.09. The molecule has 10 aromatic carbocycles. The van der Waals surface area contributed by atoms with Crippen LogP contribution in [-0.2, 0) is 0 Å². The first-order valence-corrected chi connectivity index (χ1v) is 19.6. The van der Waals surface area contributed by atoms with Gasteiger partial charge in [0.2, 0.25) is 0 Å². The van der Waals surface area contributed by atoms with Gasteiger partial charge in [-0.2, -0.15) is 0 Å². The largest absolute Gasteiger partial charge is 0.310 e. The molecule has 0 spiro atoms. The van der Waals surface area contributed by atoms with E-state index in [-0.39, 0.29) is 0 Å². The highest BCUT2D eigenvalue weighted by Gasteiger charge is 2.21. The molecule has 0 aliphatic carbocycles. The predicted octanol–water partition coefficient (Wildman–Crippen LogP) is 15.8. The molecule has 1 heteroatoms.